The molecule has 35 heavy (non-hydrogen) atoms. The highest BCUT2D eigenvalue weighted by Gasteiger charge is 2.52. The van der Waals surface area contributed by atoms with Crippen LogP contribution in [0.2, 0.25) is 0 Å². The molecule has 2 fully saturated rings. The number of carbonyl (C=O) groups excluding carboxylic acids is 3. The van der Waals surface area contributed by atoms with Gasteiger partial charge in [-0.25, -0.2) is 9.59 Å². The van der Waals surface area contributed by atoms with Gasteiger partial charge in [0.15, 0.2) is 0 Å². The molecule has 190 valence electrons. The Morgan fingerprint density at radius 1 is 1.11 bits per heavy atom. The van der Waals surface area contributed by atoms with Crippen LogP contribution >= 0.6 is 0 Å². The average Bonchev–Trinajstić information content (AvgIpc) is 3.38. The number of likely N-dealkylation sites (tertiary alicyclic amines) is 1. The second-order valence-electron chi connectivity index (χ2n) is 10.6. The van der Waals surface area contributed by atoms with E-state index in [4.69, 9.17) is 19.6 Å². The molecule has 2 aromatic rings. The van der Waals surface area contributed by atoms with Crippen molar-refractivity contribution in [1.82, 2.24) is 4.90 Å². The van der Waals surface area contributed by atoms with Gasteiger partial charge in [-0.3, -0.25) is 9.69 Å². The van der Waals surface area contributed by atoms with Crippen LogP contribution in [0.4, 0.5) is 4.79 Å². The summed E-state index contributed by atoms with van der Waals surface area (Å²) in [5, 5.41) is 0.710. The molecular weight excluding hydrogens is 448 g/mol. The minimum absolute atomic E-state index is 0.0547. The van der Waals surface area contributed by atoms with Crippen molar-refractivity contribution in [1.29, 1.82) is 0 Å². The number of rotatable bonds is 5. The number of esters is 1. The van der Waals surface area contributed by atoms with Crippen molar-refractivity contribution in [3.63, 3.8) is 0 Å². The largest absolute Gasteiger partial charge is 0.460 e. The molecule has 2 aliphatic rings. The smallest absolute Gasteiger partial charge is 0.411 e. The van der Waals surface area contributed by atoms with E-state index in [0.29, 0.717) is 23.0 Å². The summed E-state index contributed by atoms with van der Waals surface area (Å²) < 4.78 is 17.0. The van der Waals surface area contributed by atoms with Crippen LogP contribution in [0.15, 0.2) is 28.7 Å². The number of primary amides is 1. The normalized spacial score (nSPS) is 23.4. The molecule has 1 unspecified atom stereocenters. The third-order valence-electron chi connectivity index (χ3n) is 7.12. The molecule has 0 radical (unpaired) electrons. The molecular formula is C27H36N2O6. The van der Waals surface area contributed by atoms with E-state index in [1.807, 2.05) is 18.2 Å². The van der Waals surface area contributed by atoms with Gasteiger partial charge in [0, 0.05) is 10.9 Å². The Kier molecular flexibility index (Phi) is 7.10. The fourth-order valence-electron chi connectivity index (χ4n) is 5.82. The van der Waals surface area contributed by atoms with Gasteiger partial charge in [0.1, 0.15) is 17.2 Å². The lowest BCUT2D eigenvalue weighted by Crippen LogP contribution is -2.50. The summed E-state index contributed by atoms with van der Waals surface area (Å²) in [6.07, 6.45) is 5.19. The van der Waals surface area contributed by atoms with Gasteiger partial charge in [0.2, 0.25) is 11.7 Å². The number of benzene rings is 1. The van der Waals surface area contributed by atoms with Crippen LogP contribution < -0.4 is 5.73 Å². The van der Waals surface area contributed by atoms with E-state index in [0.717, 1.165) is 25.7 Å². The summed E-state index contributed by atoms with van der Waals surface area (Å²) in [7, 11) is 0. The maximum Gasteiger partial charge on any atom is 0.411 e. The van der Waals surface area contributed by atoms with Gasteiger partial charge < -0.3 is 19.6 Å². The Hall–Kier alpha value is -3.03. The number of hydrogen-bond acceptors (Lipinski definition) is 6. The third kappa shape index (κ3) is 5.02. The van der Waals surface area contributed by atoms with Gasteiger partial charge in [-0.15, -0.1) is 0 Å². The molecule has 1 aliphatic carbocycles. The number of furan rings is 1. The van der Waals surface area contributed by atoms with E-state index in [1.165, 1.54) is 11.3 Å². The number of fused-ring (bicyclic) bond motifs is 1. The van der Waals surface area contributed by atoms with Crippen molar-refractivity contribution in [2.24, 2.45) is 17.6 Å². The SMILES string of the molecule is CCOC(=O)c1oc2ccccc2c1C1C[C@@H](C2CCCCC2)[C@@H](C(N)=O)N1C(=O)OC(C)(C)C. The summed E-state index contributed by atoms with van der Waals surface area (Å²) in [6, 6.07) is 5.87. The lowest BCUT2D eigenvalue weighted by molar-refractivity contribution is -0.124. The molecule has 2 heterocycles. The van der Waals surface area contributed by atoms with Crippen LogP contribution in [0.25, 0.3) is 11.0 Å². The average molecular weight is 485 g/mol. The van der Waals surface area contributed by atoms with Crippen molar-refractivity contribution in [2.75, 3.05) is 6.61 Å². The number of nitrogens with zero attached hydrogens (tertiary/aromatic N) is 1. The van der Waals surface area contributed by atoms with Crippen molar-refractivity contribution in [3.8, 4) is 0 Å². The Balaban J connectivity index is 1.87. The molecule has 4 rings (SSSR count). The summed E-state index contributed by atoms with van der Waals surface area (Å²) in [5.74, 6) is -0.965. The molecule has 1 saturated carbocycles. The topological polar surface area (TPSA) is 112 Å². The van der Waals surface area contributed by atoms with Crippen LogP contribution in [0.3, 0.4) is 0 Å². The Morgan fingerprint density at radius 2 is 1.80 bits per heavy atom. The highest BCUT2D eigenvalue weighted by atomic mass is 16.6. The van der Waals surface area contributed by atoms with Gasteiger partial charge in [-0.05, 0) is 52.0 Å². The summed E-state index contributed by atoms with van der Waals surface area (Å²) >= 11 is 0. The molecule has 1 saturated heterocycles. The first-order chi connectivity index (χ1) is 16.6. The molecule has 1 aromatic carbocycles. The molecule has 8 heteroatoms. The van der Waals surface area contributed by atoms with Gasteiger partial charge in [0.25, 0.3) is 0 Å². The number of hydrogen-bond donors (Lipinski definition) is 1. The van der Waals surface area contributed by atoms with Crippen molar-refractivity contribution >= 4 is 28.9 Å². The zero-order valence-corrected chi connectivity index (χ0v) is 21.0. The van der Waals surface area contributed by atoms with Gasteiger partial charge in [0.05, 0.1) is 12.6 Å². The summed E-state index contributed by atoms with van der Waals surface area (Å²) in [5.41, 5.74) is 6.26. The molecule has 8 nitrogen and oxygen atoms in total. The first kappa shape index (κ1) is 25.1. The lowest BCUT2D eigenvalue weighted by atomic mass is 9.75. The highest BCUT2D eigenvalue weighted by Crippen LogP contribution is 2.50. The number of para-hydroxylation sites is 1. The van der Waals surface area contributed by atoms with Crippen LogP contribution in [0.1, 0.15) is 88.4 Å². The van der Waals surface area contributed by atoms with Crippen molar-refractivity contribution in [2.45, 2.75) is 83.9 Å². The van der Waals surface area contributed by atoms with Crippen LogP contribution in [0, 0.1) is 11.8 Å². The zero-order valence-electron chi connectivity index (χ0n) is 21.0. The predicted molar refractivity (Wildman–Crippen MR) is 131 cm³/mol. The molecule has 1 aromatic heterocycles. The number of ether oxygens (including phenoxy) is 2. The van der Waals surface area contributed by atoms with Crippen LogP contribution in [-0.2, 0) is 14.3 Å². The molecule has 0 bridgehead atoms. The van der Waals surface area contributed by atoms with E-state index in [1.54, 1.807) is 33.8 Å². The number of amides is 2. The second kappa shape index (κ2) is 9.91. The maximum absolute atomic E-state index is 13.6. The first-order valence-electron chi connectivity index (χ1n) is 12.6. The molecule has 3 atom stereocenters. The van der Waals surface area contributed by atoms with E-state index in [2.05, 4.69) is 0 Å². The molecule has 2 N–H and O–H groups in total. The van der Waals surface area contributed by atoms with Crippen molar-refractivity contribution < 1.29 is 28.3 Å². The quantitative estimate of drug-likeness (QED) is 0.573. The number of carbonyl (C=O) groups is 3. The van der Waals surface area contributed by atoms with Crippen LogP contribution in [0.5, 0.6) is 0 Å². The number of nitrogens with two attached hydrogens (primary N) is 1. The standard InChI is InChI=1S/C27H36N2O6/c1-5-33-25(31)23-21(17-13-9-10-14-20(17)34-23)19-15-18(16-11-7-6-8-12-16)22(24(28)30)29(19)26(32)35-27(2,3)4/h9-10,13-14,16,18-19,22H,5-8,11-12,15H2,1-4H3,(H2,28,30)/t18-,19?,22-/m0/s1. The minimum atomic E-state index is -0.832. The van der Waals surface area contributed by atoms with E-state index in [-0.39, 0.29) is 24.2 Å². The monoisotopic (exact) mass is 484 g/mol. The summed E-state index contributed by atoms with van der Waals surface area (Å²) in [6.45, 7) is 7.26. The van der Waals surface area contributed by atoms with Gasteiger partial charge in [-0.1, -0.05) is 50.3 Å². The fraction of sp³-hybridized carbons (Fsp3) is 0.593. The zero-order chi connectivity index (χ0) is 25.3. The summed E-state index contributed by atoms with van der Waals surface area (Å²) in [4.78, 5) is 40.9. The highest BCUT2D eigenvalue weighted by molar-refractivity contribution is 5.97. The second-order valence-corrected chi connectivity index (χ2v) is 10.6. The Labute approximate surface area is 206 Å². The van der Waals surface area contributed by atoms with E-state index < -0.39 is 35.7 Å². The lowest BCUT2D eigenvalue weighted by Gasteiger charge is -2.34. The Morgan fingerprint density at radius 3 is 2.43 bits per heavy atom. The molecule has 2 amide bonds. The molecule has 0 spiro atoms. The van der Waals surface area contributed by atoms with Gasteiger partial charge >= 0.3 is 12.1 Å². The minimum Gasteiger partial charge on any atom is -0.460 e. The third-order valence-corrected chi connectivity index (χ3v) is 7.12. The van der Waals surface area contributed by atoms with Gasteiger partial charge in [-0.2, -0.15) is 0 Å². The first-order valence-corrected chi connectivity index (χ1v) is 12.6. The fourth-order valence-corrected chi connectivity index (χ4v) is 5.82. The molecule has 1 aliphatic heterocycles. The predicted octanol–water partition coefficient (Wildman–Crippen LogP) is 5.34. The van der Waals surface area contributed by atoms with Crippen LogP contribution in [-0.4, -0.2) is 41.1 Å². The van der Waals surface area contributed by atoms with E-state index in [9.17, 15) is 14.4 Å². The van der Waals surface area contributed by atoms with Crippen molar-refractivity contribution in [3.05, 3.63) is 35.6 Å². The Bertz CT molecular complexity index is 1090. The maximum atomic E-state index is 13.6. The van der Waals surface area contributed by atoms with E-state index >= 15 is 0 Å².